The SMILES string of the molecule is COc1cccc(C(=O)N(C)C2CCCN(C(=O)Cn3cccn3)CC2)c1. The summed E-state index contributed by atoms with van der Waals surface area (Å²) in [7, 11) is 3.43. The lowest BCUT2D eigenvalue weighted by Gasteiger charge is -2.27. The number of aromatic nitrogens is 2. The van der Waals surface area contributed by atoms with E-state index in [1.165, 1.54) is 0 Å². The first-order chi connectivity index (χ1) is 13.1. The summed E-state index contributed by atoms with van der Waals surface area (Å²) in [6.45, 7) is 1.63. The minimum Gasteiger partial charge on any atom is -0.497 e. The lowest BCUT2D eigenvalue weighted by atomic mass is 10.1. The molecular weight excluding hydrogens is 344 g/mol. The van der Waals surface area contributed by atoms with Crippen LogP contribution in [-0.2, 0) is 11.3 Å². The van der Waals surface area contributed by atoms with E-state index in [0.717, 1.165) is 25.8 Å². The van der Waals surface area contributed by atoms with Crippen molar-refractivity contribution in [1.82, 2.24) is 19.6 Å². The molecule has 1 fully saturated rings. The van der Waals surface area contributed by atoms with Crippen molar-refractivity contribution in [2.45, 2.75) is 31.8 Å². The fourth-order valence-electron chi connectivity index (χ4n) is 3.47. The number of amides is 2. The van der Waals surface area contributed by atoms with Crippen LogP contribution in [-0.4, -0.2) is 64.7 Å². The van der Waals surface area contributed by atoms with Crippen LogP contribution in [0.3, 0.4) is 0 Å². The molecule has 1 aromatic carbocycles. The maximum atomic E-state index is 12.8. The number of benzene rings is 1. The number of hydrogen-bond donors (Lipinski definition) is 0. The first kappa shape index (κ1) is 18.9. The Bertz CT molecular complexity index is 775. The van der Waals surface area contributed by atoms with Crippen LogP contribution in [0, 0.1) is 0 Å². The fourth-order valence-corrected chi connectivity index (χ4v) is 3.47. The second-order valence-corrected chi connectivity index (χ2v) is 6.82. The van der Waals surface area contributed by atoms with Crippen LogP contribution in [0.2, 0.25) is 0 Å². The number of rotatable bonds is 5. The monoisotopic (exact) mass is 370 g/mol. The smallest absolute Gasteiger partial charge is 0.253 e. The normalized spacial score (nSPS) is 17.3. The quantitative estimate of drug-likeness (QED) is 0.808. The first-order valence-electron chi connectivity index (χ1n) is 9.25. The molecule has 7 heteroatoms. The van der Waals surface area contributed by atoms with Gasteiger partial charge in [-0.25, -0.2) is 0 Å². The largest absolute Gasteiger partial charge is 0.497 e. The Morgan fingerprint density at radius 1 is 1.26 bits per heavy atom. The van der Waals surface area contributed by atoms with Crippen molar-refractivity contribution in [3.8, 4) is 5.75 Å². The Morgan fingerprint density at radius 3 is 2.85 bits per heavy atom. The molecule has 0 bridgehead atoms. The maximum Gasteiger partial charge on any atom is 0.253 e. The summed E-state index contributed by atoms with van der Waals surface area (Å²) in [5.41, 5.74) is 0.618. The molecule has 0 aliphatic carbocycles. The summed E-state index contributed by atoms with van der Waals surface area (Å²) < 4.78 is 6.85. The minimum atomic E-state index is -0.0183. The predicted octanol–water partition coefficient (Wildman–Crippen LogP) is 2.04. The van der Waals surface area contributed by atoms with E-state index < -0.39 is 0 Å². The van der Waals surface area contributed by atoms with Crippen LogP contribution in [0.5, 0.6) is 5.75 Å². The highest BCUT2D eigenvalue weighted by Gasteiger charge is 2.26. The fraction of sp³-hybridized carbons (Fsp3) is 0.450. The van der Waals surface area contributed by atoms with E-state index in [1.54, 1.807) is 41.2 Å². The number of likely N-dealkylation sites (tertiary alicyclic amines) is 1. The van der Waals surface area contributed by atoms with E-state index in [1.807, 2.05) is 30.1 Å². The molecule has 1 aromatic heterocycles. The van der Waals surface area contributed by atoms with E-state index in [2.05, 4.69) is 5.10 Å². The summed E-state index contributed by atoms with van der Waals surface area (Å²) in [5.74, 6) is 0.724. The number of methoxy groups -OCH3 is 1. The van der Waals surface area contributed by atoms with E-state index >= 15 is 0 Å². The third-order valence-corrected chi connectivity index (χ3v) is 5.09. The minimum absolute atomic E-state index is 0.0183. The van der Waals surface area contributed by atoms with Crippen molar-refractivity contribution in [2.24, 2.45) is 0 Å². The summed E-state index contributed by atoms with van der Waals surface area (Å²) >= 11 is 0. The van der Waals surface area contributed by atoms with Crippen LogP contribution in [0.25, 0.3) is 0 Å². The topological polar surface area (TPSA) is 67.7 Å². The van der Waals surface area contributed by atoms with Crippen molar-refractivity contribution in [1.29, 1.82) is 0 Å². The molecule has 2 heterocycles. The average molecular weight is 370 g/mol. The summed E-state index contributed by atoms with van der Waals surface area (Å²) in [5, 5.41) is 4.09. The molecule has 0 radical (unpaired) electrons. The van der Waals surface area contributed by atoms with E-state index in [-0.39, 0.29) is 24.4 Å². The lowest BCUT2D eigenvalue weighted by Crippen LogP contribution is -2.39. The molecule has 2 aromatic rings. The zero-order valence-electron chi connectivity index (χ0n) is 15.9. The number of hydrogen-bond acceptors (Lipinski definition) is 4. The number of carbonyl (C=O) groups is 2. The Hall–Kier alpha value is -2.83. The van der Waals surface area contributed by atoms with Gasteiger partial charge in [-0.05, 0) is 43.5 Å². The van der Waals surface area contributed by atoms with Gasteiger partial charge >= 0.3 is 0 Å². The zero-order chi connectivity index (χ0) is 19.2. The molecule has 1 atom stereocenters. The number of carbonyl (C=O) groups excluding carboxylic acids is 2. The highest BCUT2D eigenvalue weighted by Crippen LogP contribution is 2.20. The highest BCUT2D eigenvalue weighted by molar-refractivity contribution is 5.94. The molecule has 0 N–H and O–H groups in total. The summed E-state index contributed by atoms with van der Waals surface area (Å²) in [4.78, 5) is 29.0. The summed E-state index contributed by atoms with van der Waals surface area (Å²) in [6.07, 6.45) is 6.00. The highest BCUT2D eigenvalue weighted by atomic mass is 16.5. The van der Waals surface area contributed by atoms with E-state index in [9.17, 15) is 9.59 Å². The Kier molecular flexibility index (Phi) is 6.11. The first-order valence-corrected chi connectivity index (χ1v) is 9.25. The van der Waals surface area contributed by atoms with Gasteiger partial charge in [0.25, 0.3) is 5.91 Å². The van der Waals surface area contributed by atoms with Gasteiger partial charge in [-0.15, -0.1) is 0 Å². The molecule has 1 unspecified atom stereocenters. The number of nitrogens with zero attached hydrogens (tertiary/aromatic N) is 4. The molecule has 0 spiro atoms. The summed E-state index contributed by atoms with van der Waals surface area (Å²) in [6, 6.07) is 9.14. The zero-order valence-corrected chi connectivity index (χ0v) is 15.9. The van der Waals surface area contributed by atoms with Crippen molar-refractivity contribution >= 4 is 11.8 Å². The molecular formula is C20H26N4O3. The number of ether oxygens (including phenoxy) is 1. The van der Waals surface area contributed by atoms with Crippen molar-refractivity contribution in [2.75, 3.05) is 27.2 Å². The lowest BCUT2D eigenvalue weighted by molar-refractivity contribution is -0.132. The standard InChI is InChI=1S/C20H26N4O3/c1-22(20(26)16-6-3-8-18(14-16)27-2)17-7-4-11-23(13-9-17)19(25)15-24-12-5-10-21-24/h3,5-6,8,10,12,14,17H,4,7,9,11,13,15H2,1-2H3. The molecule has 1 aliphatic rings. The van der Waals surface area contributed by atoms with Gasteiger partial charge in [-0.3, -0.25) is 14.3 Å². The molecule has 7 nitrogen and oxygen atoms in total. The van der Waals surface area contributed by atoms with Crippen LogP contribution in [0.4, 0.5) is 0 Å². The predicted molar refractivity (Wildman–Crippen MR) is 102 cm³/mol. The second kappa shape index (κ2) is 8.70. The van der Waals surface area contributed by atoms with Crippen molar-refractivity contribution in [3.05, 3.63) is 48.3 Å². The van der Waals surface area contributed by atoms with Gasteiger partial charge in [0.2, 0.25) is 5.91 Å². The van der Waals surface area contributed by atoms with E-state index in [4.69, 9.17) is 4.74 Å². The van der Waals surface area contributed by atoms with Crippen LogP contribution in [0.15, 0.2) is 42.7 Å². The maximum absolute atomic E-state index is 12.8. The molecule has 27 heavy (non-hydrogen) atoms. The van der Waals surface area contributed by atoms with Gasteiger partial charge < -0.3 is 14.5 Å². The third-order valence-electron chi connectivity index (χ3n) is 5.09. The van der Waals surface area contributed by atoms with Gasteiger partial charge in [0.1, 0.15) is 12.3 Å². The second-order valence-electron chi connectivity index (χ2n) is 6.82. The van der Waals surface area contributed by atoms with Crippen molar-refractivity contribution in [3.63, 3.8) is 0 Å². The van der Waals surface area contributed by atoms with Gasteiger partial charge in [0.05, 0.1) is 7.11 Å². The van der Waals surface area contributed by atoms with Crippen LogP contribution < -0.4 is 4.74 Å². The van der Waals surface area contributed by atoms with Crippen LogP contribution in [0.1, 0.15) is 29.6 Å². The average Bonchev–Trinajstić information content (AvgIpc) is 3.08. The van der Waals surface area contributed by atoms with Gasteiger partial charge in [0.15, 0.2) is 0 Å². The van der Waals surface area contributed by atoms with Crippen molar-refractivity contribution < 1.29 is 14.3 Å². The van der Waals surface area contributed by atoms with Gasteiger partial charge in [0, 0.05) is 44.1 Å². The molecule has 2 amide bonds. The van der Waals surface area contributed by atoms with E-state index in [0.29, 0.717) is 17.9 Å². The Labute approximate surface area is 159 Å². The molecule has 144 valence electrons. The Balaban J connectivity index is 1.59. The molecule has 3 rings (SSSR count). The van der Waals surface area contributed by atoms with Gasteiger partial charge in [-0.1, -0.05) is 6.07 Å². The van der Waals surface area contributed by atoms with Crippen LogP contribution >= 0.6 is 0 Å². The van der Waals surface area contributed by atoms with Gasteiger partial charge in [-0.2, -0.15) is 5.10 Å². The Morgan fingerprint density at radius 2 is 2.11 bits per heavy atom. The molecule has 1 aliphatic heterocycles. The third kappa shape index (κ3) is 4.67. The molecule has 0 saturated carbocycles. The molecule has 1 saturated heterocycles.